The predicted octanol–water partition coefficient (Wildman–Crippen LogP) is 11.7. The second-order valence-electron chi connectivity index (χ2n) is 11.0. The molecule has 0 saturated heterocycles. The van der Waals surface area contributed by atoms with Crippen molar-refractivity contribution in [3.8, 4) is 0 Å². The standard InChI is InChI=1S/C36H56N2/c1-3-5-7-9-11-13-15-17-25-31-35(33-27-21-19-22-28-33)37-38-36(34-29-23-20-24-30-34)32-26-18-16-14-12-10-8-6-4-2/h19-24,27-30H,3-18,25-26,31-32H2,1-2H3/b37-35-,38-36-. The normalized spacial score (nSPS) is 12.3. The molecule has 2 rings (SSSR count). The van der Waals surface area contributed by atoms with Crippen molar-refractivity contribution in [3.05, 3.63) is 71.8 Å². The van der Waals surface area contributed by atoms with Gasteiger partial charge in [-0.25, -0.2) is 0 Å². The van der Waals surface area contributed by atoms with Crippen LogP contribution in [0.5, 0.6) is 0 Å². The second kappa shape index (κ2) is 22.7. The van der Waals surface area contributed by atoms with E-state index in [-0.39, 0.29) is 0 Å². The summed E-state index contributed by atoms with van der Waals surface area (Å²) >= 11 is 0. The Morgan fingerprint density at radius 2 is 0.684 bits per heavy atom. The zero-order chi connectivity index (χ0) is 26.9. The van der Waals surface area contributed by atoms with Crippen LogP contribution in [0.1, 0.15) is 153 Å². The SMILES string of the molecule is CCCCCCCCCCC/C(=N/N=C(/CCCCCCCCCCC)c1ccccc1)c1ccccc1. The van der Waals surface area contributed by atoms with Crippen LogP contribution in [-0.4, -0.2) is 11.4 Å². The fraction of sp³-hybridized carbons (Fsp3) is 0.611. The molecule has 0 unspecified atom stereocenters. The van der Waals surface area contributed by atoms with Gasteiger partial charge in [0.15, 0.2) is 0 Å². The lowest BCUT2D eigenvalue weighted by atomic mass is 10.0. The molecule has 0 aliphatic carbocycles. The summed E-state index contributed by atoms with van der Waals surface area (Å²) in [5, 5.41) is 9.80. The van der Waals surface area contributed by atoms with Crippen molar-refractivity contribution >= 4 is 11.4 Å². The van der Waals surface area contributed by atoms with E-state index < -0.39 is 0 Å². The van der Waals surface area contributed by atoms with Crippen LogP contribution in [0.15, 0.2) is 70.9 Å². The Bertz CT molecular complexity index is 780. The largest absolute Gasteiger partial charge is 0.155 e. The van der Waals surface area contributed by atoms with Gasteiger partial charge in [0.25, 0.3) is 0 Å². The van der Waals surface area contributed by atoms with Crippen LogP contribution in [0.25, 0.3) is 0 Å². The maximum Gasteiger partial charge on any atom is 0.0702 e. The van der Waals surface area contributed by atoms with E-state index in [0.717, 1.165) is 24.3 Å². The molecule has 2 nitrogen and oxygen atoms in total. The minimum atomic E-state index is 1.00. The molecule has 0 radical (unpaired) electrons. The molecule has 2 heteroatoms. The third-order valence-electron chi connectivity index (χ3n) is 7.54. The maximum absolute atomic E-state index is 4.90. The molecule has 0 saturated carbocycles. The van der Waals surface area contributed by atoms with Crippen molar-refractivity contribution in [2.75, 3.05) is 0 Å². The summed E-state index contributed by atoms with van der Waals surface area (Å²) in [5.41, 5.74) is 4.70. The first kappa shape index (κ1) is 32.0. The fourth-order valence-electron chi connectivity index (χ4n) is 5.09. The van der Waals surface area contributed by atoms with Crippen molar-refractivity contribution in [2.45, 2.75) is 142 Å². The Labute approximate surface area is 235 Å². The molecule has 0 aromatic heterocycles. The summed E-state index contributed by atoms with van der Waals surface area (Å²) in [5.74, 6) is 0. The number of nitrogens with zero attached hydrogens (tertiary/aromatic N) is 2. The fourth-order valence-corrected chi connectivity index (χ4v) is 5.09. The summed E-state index contributed by atoms with van der Waals surface area (Å²) in [6.45, 7) is 4.58. The highest BCUT2D eigenvalue weighted by Crippen LogP contribution is 2.16. The zero-order valence-electron chi connectivity index (χ0n) is 24.8. The van der Waals surface area contributed by atoms with E-state index in [4.69, 9.17) is 10.2 Å². The Morgan fingerprint density at radius 3 is 1.00 bits per heavy atom. The molecule has 0 aliphatic rings. The lowest BCUT2D eigenvalue weighted by molar-refractivity contribution is 0.568. The number of unbranched alkanes of at least 4 members (excludes halogenated alkanes) is 16. The molecule has 0 amide bonds. The highest BCUT2D eigenvalue weighted by atomic mass is 15.2. The van der Waals surface area contributed by atoms with E-state index >= 15 is 0 Å². The van der Waals surface area contributed by atoms with E-state index in [9.17, 15) is 0 Å². The third-order valence-corrected chi connectivity index (χ3v) is 7.54. The number of hydrogen-bond donors (Lipinski definition) is 0. The van der Waals surface area contributed by atoms with Gasteiger partial charge in [-0.3, -0.25) is 0 Å². The van der Waals surface area contributed by atoms with Gasteiger partial charge in [-0.2, -0.15) is 10.2 Å². The van der Waals surface area contributed by atoms with Crippen LogP contribution in [0.2, 0.25) is 0 Å². The molecule has 2 aromatic carbocycles. The van der Waals surface area contributed by atoms with Crippen molar-refractivity contribution in [2.24, 2.45) is 10.2 Å². The molecular formula is C36H56N2. The summed E-state index contributed by atoms with van der Waals surface area (Å²) in [7, 11) is 0. The van der Waals surface area contributed by atoms with Gasteiger partial charge in [-0.05, 0) is 36.8 Å². The summed E-state index contributed by atoms with van der Waals surface area (Å²) in [6, 6.07) is 21.4. The molecule has 0 spiro atoms. The smallest absolute Gasteiger partial charge is 0.0702 e. The number of benzene rings is 2. The number of hydrogen-bond acceptors (Lipinski definition) is 2. The lowest BCUT2D eigenvalue weighted by Gasteiger charge is -2.08. The van der Waals surface area contributed by atoms with Gasteiger partial charge >= 0.3 is 0 Å². The maximum atomic E-state index is 4.90. The van der Waals surface area contributed by atoms with Crippen molar-refractivity contribution in [1.29, 1.82) is 0 Å². The molecule has 0 fully saturated rings. The van der Waals surface area contributed by atoms with Gasteiger partial charge < -0.3 is 0 Å². The zero-order valence-corrected chi connectivity index (χ0v) is 24.8. The van der Waals surface area contributed by atoms with Gasteiger partial charge in [0, 0.05) is 0 Å². The van der Waals surface area contributed by atoms with Crippen LogP contribution in [0, 0.1) is 0 Å². The van der Waals surface area contributed by atoms with Crippen molar-refractivity contribution < 1.29 is 0 Å². The average molecular weight is 517 g/mol. The van der Waals surface area contributed by atoms with Gasteiger partial charge in [-0.15, -0.1) is 0 Å². The van der Waals surface area contributed by atoms with Crippen molar-refractivity contribution in [1.82, 2.24) is 0 Å². The number of rotatable bonds is 23. The van der Waals surface area contributed by atoms with Gasteiger partial charge in [0.2, 0.25) is 0 Å². The van der Waals surface area contributed by atoms with Gasteiger partial charge in [0.05, 0.1) is 11.4 Å². The van der Waals surface area contributed by atoms with Crippen LogP contribution >= 0.6 is 0 Å². The molecule has 0 bridgehead atoms. The minimum absolute atomic E-state index is 1.00. The minimum Gasteiger partial charge on any atom is -0.155 e. The van der Waals surface area contributed by atoms with E-state index in [2.05, 4.69) is 74.5 Å². The molecular weight excluding hydrogens is 460 g/mol. The Hall–Kier alpha value is -2.22. The molecule has 0 N–H and O–H groups in total. The van der Waals surface area contributed by atoms with Crippen LogP contribution in [0.4, 0.5) is 0 Å². The van der Waals surface area contributed by atoms with E-state index in [1.54, 1.807) is 0 Å². The third kappa shape index (κ3) is 15.3. The molecule has 38 heavy (non-hydrogen) atoms. The summed E-state index contributed by atoms with van der Waals surface area (Å²) in [4.78, 5) is 0. The Morgan fingerprint density at radius 1 is 0.395 bits per heavy atom. The van der Waals surface area contributed by atoms with Crippen molar-refractivity contribution in [3.63, 3.8) is 0 Å². The highest BCUT2D eigenvalue weighted by Gasteiger charge is 2.07. The Kier molecular flexibility index (Phi) is 19.1. The predicted molar refractivity (Wildman–Crippen MR) is 170 cm³/mol. The quantitative estimate of drug-likeness (QED) is 0.0797. The monoisotopic (exact) mass is 516 g/mol. The molecule has 2 aromatic rings. The first-order valence-electron chi connectivity index (χ1n) is 16.1. The van der Waals surface area contributed by atoms with E-state index in [1.807, 2.05) is 0 Å². The van der Waals surface area contributed by atoms with E-state index in [0.29, 0.717) is 0 Å². The van der Waals surface area contributed by atoms with Crippen LogP contribution < -0.4 is 0 Å². The summed E-state index contributed by atoms with van der Waals surface area (Å²) in [6.07, 6.45) is 26.2. The van der Waals surface area contributed by atoms with Gasteiger partial charge in [-0.1, -0.05) is 177 Å². The average Bonchev–Trinajstić information content (AvgIpc) is 2.96. The lowest BCUT2D eigenvalue weighted by Crippen LogP contribution is -2.04. The second-order valence-corrected chi connectivity index (χ2v) is 11.0. The highest BCUT2D eigenvalue weighted by molar-refractivity contribution is 6.03. The molecule has 0 aliphatic heterocycles. The first-order valence-corrected chi connectivity index (χ1v) is 16.1. The molecule has 210 valence electrons. The molecule has 0 atom stereocenters. The Balaban J connectivity index is 1.92. The summed E-state index contributed by atoms with van der Waals surface area (Å²) < 4.78 is 0. The van der Waals surface area contributed by atoms with Gasteiger partial charge in [0.1, 0.15) is 0 Å². The van der Waals surface area contributed by atoms with E-state index in [1.165, 1.54) is 127 Å². The topological polar surface area (TPSA) is 24.7 Å². The van der Waals surface area contributed by atoms with Crippen LogP contribution in [0.3, 0.4) is 0 Å². The first-order chi connectivity index (χ1) is 18.8. The van der Waals surface area contributed by atoms with Crippen LogP contribution in [-0.2, 0) is 0 Å². The molecule has 0 heterocycles.